The number of ether oxygens (including phenoxy) is 1. The molecule has 0 saturated heterocycles. The van der Waals surface area contributed by atoms with E-state index in [-0.39, 0.29) is 23.4 Å². The van der Waals surface area contributed by atoms with Gasteiger partial charge in [0, 0.05) is 12.5 Å². The number of hydrogen-bond donors (Lipinski definition) is 0. The molecule has 2 aromatic carbocycles. The fourth-order valence-corrected chi connectivity index (χ4v) is 4.01. The Kier molecular flexibility index (Phi) is 5.81. The van der Waals surface area contributed by atoms with Gasteiger partial charge in [0.05, 0.1) is 29.7 Å². The highest BCUT2D eigenvalue weighted by Gasteiger charge is 2.37. The molecule has 1 saturated carbocycles. The zero-order chi connectivity index (χ0) is 22.1. The van der Waals surface area contributed by atoms with Gasteiger partial charge in [0.15, 0.2) is 0 Å². The molecule has 31 heavy (non-hydrogen) atoms. The van der Waals surface area contributed by atoms with E-state index < -0.39 is 0 Å². The lowest BCUT2D eigenvalue weighted by Crippen LogP contribution is -2.40. The SMILES string of the molecule is COc1ccccc1-n1c(C(C)N(CC(C)C)C(=O)C2CC2)nc2ccccc2c1=O. The van der Waals surface area contributed by atoms with Crippen LogP contribution >= 0.6 is 0 Å². The van der Waals surface area contributed by atoms with Crippen molar-refractivity contribution in [2.75, 3.05) is 13.7 Å². The number of nitrogens with zero attached hydrogens (tertiary/aromatic N) is 3. The Balaban J connectivity index is 1.95. The lowest BCUT2D eigenvalue weighted by atomic mass is 10.1. The third kappa shape index (κ3) is 4.07. The summed E-state index contributed by atoms with van der Waals surface area (Å²) in [5.41, 5.74) is 1.09. The topological polar surface area (TPSA) is 64.4 Å². The first-order valence-corrected chi connectivity index (χ1v) is 10.9. The Morgan fingerprint density at radius 2 is 1.81 bits per heavy atom. The summed E-state index contributed by atoms with van der Waals surface area (Å²) in [6.07, 6.45) is 1.87. The highest BCUT2D eigenvalue weighted by atomic mass is 16.5. The molecule has 1 heterocycles. The summed E-state index contributed by atoms with van der Waals surface area (Å²) < 4.78 is 7.16. The smallest absolute Gasteiger partial charge is 0.266 e. The maximum absolute atomic E-state index is 13.6. The van der Waals surface area contributed by atoms with E-state index in [9.17, 15) is 9.59 Å². The van der Waals surface area contributed by atoms with Gasteiger partial charge in [-0.05, 0) is 49.9 Å². The van der Waals surface area contributed by atoms with E-state index in [4.69, 9.17) is 9.72 Å². The molecule has 6 heteroatoms. The summed E-state index contributed by atoms with van der Waals surface area (Å²) in [5.74, 6) is 1.67. The van der Waals surface area contributed by atoms with Crippen molar-refractivity contribution in [1.82, 2.24) is 14.5 Å². The van der Waals surface area contributed by atoms with Gasteiger partial charge in [0.2, 0.25) is 5.91 Å². The third-order valence-electron chi connectivity index (χ3n) is 5.74. The molecule has 0 N–H and O–H groups in total. The summed E-state index contributed by atoms with van der Waals surface area (Å²) in [6, 6.07) is 14.4. The van der Waals surface area contributed by atoms with Crippen molar-refractivity contribution in [3.05, 3.63) is 64.7 Å². The Bertz CT molecular complexity index is 1160. The largest absolute Gasteiger partial charge is 0.495 e. The van der Waals surface area contributed by atoms with E-state index in [2.05, 4.69) is 13.8 Å². The molecule has 1 aliphatic carbocycles. The van der Waals surface area contributed by atoms with Crippen LogP contribution in [0.4, 0.5) is 0 Å². The summed E-state index contributed by atoms with van der Waals surface area (Å²) in [6.45, 7) is 6.78. The molecule has 1 aromatic heterocycles. The van der Waals surface area contributed by atoms with Crippen LogP contribution in [0.3, 0.4) is 0 Å². The predicted molar refractivity (Wildman–Crippen MR) is 122 cm³/mol. The number of carbonyl (C=O) groups is 1. The van der Waals surface area contributed by atoms with Crippen LogP contribution in [0, 0.1) is 11.8 Å². The van der Waals surface area contributed by atoms with Crippen molar-refractivity contribution in [1.29, 1.82) is 0 Å². The molecule has 1 fully saturated rings. The van der Waals surface area contributed by atoms with Crippen molar-refractivity contribution >= 4 is 16.8 Å². The first kappa shape index (κ1) is 21.1. The number of fused-ring (bicyclic) bond motifs is 1. The molecule has 1 atom stereocenters. The van der Waals surface area contributed by atoms with Crippen molar-refractivity contribution in [3.8, 4) is 11.4 Å². The molecule has 1 aliphatic rings. The fraction of sp³-hybridized carbons (Fsp3) is 0.400. The fourth-order valence-electron chi connectivity index (χ4n) is 4.01. The average molecular weight is 420 g/mol. The van der Waals surface area contributed by atoms with Gasteiger partial charge in [0.25, 0.3) is 5.56 Å². The molecule has 6 nitrogen and oxygen atoms in total. The second-order valence-electron chi connectivity index (χ2n) is 8.63. The van der Waals surface area contributed by atoms with Crippen LogP contribution in [-0.2, 0) is 4.79 Å². The van der Waals surface area contributed by atoms with Crippen LogP contribution in [0.1, 0.15) is 45.5 Å². The van der Waals surface area contributed by atoms with E-state index in [0.717, 1.165) is 12.8 Å². The zero-order valence-electron chi connectivity index (χ0n) is 18.5. The zero-order valence-corrected chi connectivity index (χ0v) is 18.5. The van der Waals surface area contributed by atoms with E-state index in [0.29, 0.717) is 40.6 Å². The minimum Gasteiger partial charge on any atom is -0.495 e. The molecule has 1 unspecified atom stereocenters. The van der Waals surface area contributed by atoms with Gasteiger partial charge in [-0.2, -0.15) is 0 Å². The number of rotatable bonds is 7. The van der Waals surface area contributed by atoms with Gasteiger partial charge in [-0.1, -0.05) is 38.1 Å². The number of hydrogen-bond acceptors (Lipinski definition) is 4. The van der Waals surface area contributed by atoms with Crippen LogP contribution in [-0.4, -0.2) is 34.0 Å². The second kappa shape index (κ2) is 8.53. The van der Waals surface area contributed by atoms with Crippen molar-refractivity contribution < 1.29 is 9.53 Å². The number of carbonyl (C=O) groups excluding carboxylic acids is 1. The van der Waals surface area contributed by atoms with Gasteiger partial charge in [-0.3, -0.25) is 14.2 Å². The number of para-hydroxylation sites is 3. The normalized spacial score (nSPS) is 14.6. The maximum atomic E-state index is 13.6. The van der Waals surface area contributed by atoms with Crippen LogP contribution < -0.4 is 10.3 Å². The minimum atomic E-state index is -0.363. The summed E-state index contributed by atoms with van der Waals surface area (Å²) in [5, 5.41) is 0.535. The molecular weight excluding hydrogens is 390 g/mol. The molecule has 0 spiro atoms. The Morgan fingerprint density at radius 1 is 1.13 bits per heavy atom. The van der Waals surface area contributed by atoms with Crippen molar-refractivity contribution in [2.24, 2.45) is 11.8 Å². The summed E-state index contributed by atoms with van der Waals surface area (Å²) >= 11 is 0. The van der Waals surface area contributed by atoms with E-state index in [1.54, 1.807) is 17.7 Å². The molecule has 0 radical (unpaired) electrons. The van der Waals surface area contributed by atoms with E-state index in [1.165, 1.54) is 0 Å². The lowest BCUT2D eigenvalue weighted by molar-refractivity contribution is -0.135. The van der Waals surface area contributed by atoms with Crippen LogP contribution in [0.25, 0.3) is 16.6 Å². The number of amides is 1. The quantitative estimate of drug-likeness (QED) is 0.571. The van der Waals surface area contributed by atoms with Gasteiger partial charge in [-0.25, -0.2) is 4.98 Å². The average Bonchev–Trinajstić information content (AvgIpc) is 3.62. The molecule has 4 rings (SSSR count). The molecule has 0 aliphatic heterocycles. The lowest BCUT2D eigenvalue weighted by Gasteiger charge is -2.32. The molecule has 3 aromatic rings. The van der Waals surface area contributed by atoms with Gasteiger partial charge < -0.3 is 9.64 Å². The Labute approximate surface area is 182 Å². The van der Waals surface area contributed by atoms with Crippen LogP contribution in [0.15, 0.2) is 53.3 Å². The maximum Gasteiger partial charge on any atom is 0.266 e. The highest BCUT2D eigenvalue weighted by Crippen LogP contribution is 2.35. The third-order valence-corrected chi connectivity index (χ3v) is 5.74. The highest BCUT2D eigenvalue weighted by molar-refractivity contribution is 5.82. The predicted octanol–water partition coefficient (Wildman–Crippen LogP) is 4.35. The number of benzene rings is 2. The van der Waals surface area contributed by atoms with Crippen molar-refractivity contribution in [3.63, 3.8) is 0 Å². The van der Waals surface area contributed by atoms with Gasteiger partial charge in [-0.15, -0.1) is 0 Å². The standard InChI is InChI=1S/C25H29N3O3/c1-16(2)15-27(24(29)18-13-14-18)17(3)23-26-20-10-6-5-9-19(20)25(30)28(23)21-11-7-8-12-22(21)31-4/h5-12,16-18H,13-15H2,1-4H3. The molecular formula is C25H29N3O3. The summed E-state index contributed by atoms with van der Waals surface area (Å²) in [7, 11) is 1.59. The Hall–Kier alpha value is -3.15. The van der Waals surface area contributed by atoms with Gasteiger partial charge >= 0.3 is 0 Å². The first-order chi connectivity index (χ1) is 14.9. The van der Waals surface area contributed by atoms with Gasteiger partial charge in [0.1, 0.15) is 11.6 Å². The number of methoxy groups -OCH3 is 1. The Morgan fingerprint density at radius 3 is 2.48 bits per heavy atom. The molecule has 0 bridgehead atoms. The number of aromatic nitrogens is 2. The second-order valence-corrected chi connectivity index (χ2v) is 8.63. The molecule has 162 valence electrons. The van der Waals surface area contributed by atoms with Crippen LogP contribution in [0.5, 0.6) is 5.75 Å². The summed E-state index contributed by atoms with van der Waals surface area (Å²) in [4.78, 5) is 33.6. The van der Waals surface area contributed by atoms with Crippen LogP contribution in [0.2, 0.25) is 0 Å². The van der Waals surface area contributed by atoms with Crippen molar-refractivity contribution in [2.45, 2.75) is 39.7 Å². The molecule has 1 amide bonds. The monoisotopic (exact) mass is 419 g/mol. The first-order valence-electron chi connectivity index (χ1n) is 10.9. The van der Waals surface area contributed by atoms with E-state index in [1.807, 2.05) is 54.3 Å². The van der Waals surface area contributed by atoms with E-state index >= 15 is 0 Å². The minimum absolute atomic E-state index is 0.0908.